The number of hydrazine groups is 1. The first-order chi connectivity index (χ1) is 7.09. The van der Waals surface area contributed by atoms with Gasteiger partial charge >= 0.3 is 0 Å². The van der Waals surface area contributed by atoms with E-state index in [0.29, 0.717) is 5.02 Å². The summed E-state index contributed by atoms with van der Waals surface area (Å²) in [4.78, 5) is 0. The molecule has 0 amide bonds. The number of halogens is 2. The van der Waals surface area contributed by atoms with Crippen molar-refractivity contribution in [2.24, 2.45) is 5.84 Å². The molecule has 3 saturated carbocycles. The normalized spacial score (nSPS) is 37.0. The minimum Gasteiger partial charge on any atom is -0.271 e. The van der Waals surface area contributed by atoms with E-state index in [4.69, 9.17) is 17.4 Å². The van der Waals surface area contributed by atoms with Crippen LogP contribution in [0.15, 0.2) is 18.2 Å². The summed E-state index contributed by atoms with van der Waals surface area (Å²) in [5.41, 5.74) is 3.65. The zero-order chi connectivity index (χ0) is 10.7. The van der Waals surface area contributed by atoms with Crippen LogP contribution >= 0.6 is 11.6 Å². The Morgan fingerprint density at radius 1 is 1.33 bits per heavy atom. The predicted octanol–water partition coefficient (Wildman–Crippen LogP) is 2.12. The van der Waals surface area contributed by atoms with Gasteiger partial charge in [0.05, 0.1) is 0 Å². The Labute approximate surface area is 92.6 Å². The van der Waals surface area contributed by atoms with Crippen molar-refractivity contribution in [2.45, 2.75) is 30.2 Å². The van der Waals surface area contributed by atoms with E-state index in [0.717, 1.165) is 24.8 Å². The van der Waals surface area contributed by atoms with Crippen LogP contribution in [0.2, 0.25) is 5.02 Å². The van der Waals surface area contributed by atoms with Crippen LogP contribution in [0.4, 0.5) is 4.39 Å². The molecule has 0 atom stereocenters. The van der Waals surface area contributed by atoms with Gasteiger partial charge in [-0.05, 0) is 43.0 Å². The second-order valence-corrected chi connectivity index (χ2v) is 5.30. The van der Waals surface area contributed by atoms with Crippen molar-refractivity contribution < 1.29 is 4.39 Å². The summed E-state index contributed by atoms with van der Waals surface area (Å²) >= 11 is 5.88. The maximum Gasteiger partial charge on any atom is 0.127 e. The van der Waals surface area contributed by atoms with E-state index < -0.39 is 0 Å². The van der Waals surface area contributed by atoms with E-state index in [1.807, 2.05) is 0 Å². The van der Waals surface area contributed by atoms with Gasteiger partial charge in [0, 0.05) is 16.0 Å². The first kappa shape index (κ1) is 9.58. The summed E-state index contributed by atoms with van der Waals surface area (Å²) in [5, 5.41) is 0.603. The fourth-order valence-electron chi connectivity index (χ4n) is 3.13. The summed E-state index contributed by atoms with van der Waals surface area (Å²) in [6, 6.07) is 4.78. The van der Waals surface area contributed by atoms with Gasteiger partial charge in [-0.15, -0.1) is 0 Å². The summed E-state index contributed by atoms with van der Waals surface area (Å²) in [6.45, 7) is 0. The molecule has 0 saturated heterocycles. The van der Waals surface area contributed by atoms with Gasteiger partial charge in [0.15, 0.2) is 0 Å². The molecule has 2 nitrogen and oxygen atoms in total. The maximum absolute atomic E-state index is 13.6. The number of hydrogen-bond acceptors (Lipinski definition) is 2. The third-order valence-electron chi connectivity index (χ3n) is 3.84. The first-order valence-corrected chi connectivity index (χ1v) is 5.40. The Hall–Kier alpha value is -0.640. The molecule has 0 unspecified atom stereocenters. The quantitative estimate of drug-likeness (QED) is 0.599. The molecular formula is C11H12ClFN2. The van der Waals surface area contributed by atoms with Gasteiger partial charge < -0.3 is 0 Å². The average Bonchev–Trinajstić information content (AvgIpc) is 2.07. The highest BCUT2D eigenvalue weighted by Gasteiger charge is 2.68. The van der Waals surface area contributed by atoms with Crippen LogP contribution in [-0.4, -0.2) is 5.54 Å². The maximum atomic E-state index is 13.6. The van der Waals surface area contributed by atoms with Crippen molar-refractivity contribution in [3.63, 3.8) is 0 Å². The fraction of sp³-hybridized carbons (Fsp3) is 0.455. The average molecular weight is 227 g/mol. The zero-order valence-electron chi connectivity index (χ0n) is 8.19. The highest BCUT2D eigenvalue weighted by Crippen LogP contribution is 2.67. The summed E-state index contributed by atoms with van der Waals surface area (Å²) < 4.78 is 13.6. The van der Waals surface area contributed by atoms with Gasteiger partial charge in [0.1, 0.15) is 5.82 Å². The molecule has 3 N–H and O–H groups in total. The van der Waals surface area contributed by atoms with Crippen molar-refractivity contribution in [1.29, 1.82) is 0 Å². The van der Waals surface area contributed by atoms with Crippen molar-refractivity contribution in [3.05, 3.63) is 34.6 Å². The van der Waals surface area contributed by atoms with Gasteiger partial charge in [-0.1, -0.05) is 11.6 Å². The summed E-state index contributed by atoms with van der Waals surface area (Å²) in [5.74, 6) is 5.29. The zero-order valence-corrected chi connectivity index (χ0v) is 8.94. The van der Waals surface area contributed by atoms with Gasteiger partial charge in [-0.2, -0.15) is 0 Å². The van der Waals surface area contributed by atoms with Gasteiger partial charge in [-0.3, -0.25) is 11.3 Å². The monoisotopic (exact) mass is 226 g/mol. The van der Waals surface area contributed by atoms with E-state index in [9.17, 15) is 4.39 Å². The van der Waals surface area contributed by atoms with E-state index in [1.165, 1.54) is 6.07 Å². The minimum absolute atomic E-state index is 0.00134. The molecule has 4 rings (SSSR count). The van der Waals surface area contributed by atoms with Crippen LogP contribution in [-0.2, 0) is 5.41 Å². The molecule has 0 aromatic heterocycles. The van der Waals surface area contributed by atoms with Gasteiger partial charge in [0.2, 0.25) is 0 Å². The molecule has 0 heterocycles. The summed E-state index contributed by atoms with van der Waals surface area (Å²) in [7, 11) is 0. The predicted molar refractivity (Wildman–Crippen MR) is 57.0 cm³/mol. The van der Waals surface area contributed by atoms with Gasteiger partial charge in [-0.25, -0.2) is 4.39 Å². The lowest BCUT2D eigenvalue weighted by Crippen LogP contribution is -2.77. The molecule has 0 radical (unpaired) electrons. The lowest BCUT2D eigenvalue weighted by molar-refractivity contribution is -0.0901. The Morgan fingerprint density at radius 2 is 2.00 bits per heavy atom. The third kappa shape index (κ3) is 1.11. The molecule has 4 heteroatoms. The summed E-state index contributed by atoms with van der Waals surface area (Å²) in [6.07, 6.45) is 2.77. The lowest BCUT2D eigenvalue weighted by atomic mass is 9.37. The number of hydrogen-bond donors (Lipinski definition) is 2. The minimum atomic E-state index is -0.148. The van der Waals surface area contributed by atoms with Gasteiger partial charge in [0.25, 0.3) is 0 Å². The Morgan fingerprint density at radius 3 is 2.60 bits per heavy atom. The third-order valence-corrected chi connectivity index (χ3v) is 4.07. The van der Waals surface area contributed by atoms with E-state index in [-0.39, 0.29) is 16.8 Å². The molecule has 3 aliphatic carbocycles. The van der Waals surface area contributed by atoms with Crippen LogP contribution in [0.25, 0.3) is 0 Å². The molecule has 15 heavy (non-hydrogen) atoms. The largest absolute Gasteiger partial charge is 0.271 e. The Kier molecular flexibility index (Phi) is 1.74. The van der Waals surface area contributed by atoms with Crippen LogP contribution < -0.4 is 11.3 Å². The highest BCUT2D eigenvalue weighted by atomic mass is 35.5. The standard InChI is InChI=1S/C11H12ClFN2/c12-7-1-2-9(13)8(3-7)10-4-11(5-10,6-10)15-14/h1-3,15H,4-6,14H2. The lowest BCUT2D eigenvalue weighted by Gasteiger charge is -2.70. The molecule has 1 aromatic rings. The van der Waals surface area contributed by atoms with E-state index in [1.54, 1.807) is 12.1 Å². The van der Waals surface area contributed by atoms with Crippen LogP contribution in [0.5, 0.6) is 0 Å². The molecule has 2 bridgehead atoms. The van der Waals surface area contributed by atoms with Crippen molar-refractivity contribution >= 4 is 11.6 Å². The molecule has 1 aromatic carbocycles. The Balaban J connectivity index is 1.93. The second kappa shape index (κ2) is 2.73. The van der Waals surface area contributed by atoms with Crippen LogP contribution in [0.3, 0.4) is 0 Å². The number of benzene rings is 1. The smallest absolute Gasteiger partial charge is 0.127 e. The van der Waals surface area contributed by atoms with Crippen molar-refractivity contribution in [1.82, 2.24) is 5.43 Å². The molecule has 80 valence electrons. The van der Waals surface area contributed by atoms with Crippen LogP contribution in [0.1, 0.15) is 24.8 Å². The SMILES string of the molecule is NNC12CC(c3cc(Cl)ccc3F)(C1)C2. The van der Waals surface area contributed by atoms with Crippen molar-refractivity contribution in [2.75, 3.05) is 0 Å². The molecule has 3 fully saturated rings. The van der Waals surface area contributed by atoms with E-state index >= 15 is 0 Å². The molecular weight excluding hydrogens is 215 g/mol. The topological polar surface area (TPSA) is 38.0 Å². The second-order valence-electron chi connectivity index (χ2n) is 4.86. The van der Waals surface area contributed by atoms with E-state index in [2.05, 4.69) is 5.43 Å². The molecule has 3 aliphatic rings. The van der Waals surface area contributed by atoms with Crippen LogP contribution in [0, 0.1) is 5.82 Å². The molecule has 0 aliphatic heterocycles. The number of nitrogens with one attached hydrogen (secondary N) is 1. The molecule has 0 spiro atoms. The highest BCUT2D eigenvalue weighted by molar-refractivity contribution is 6.30. The van der Waals surface area contributed by atoms with Crippen molar-refractivity contribution in [3.8, 4) is 0 Å². The first-order valence-electron chi connectivity index (χ1n) is 5.03. The fourth-order valence-corrected chi connectivity index (χ4v) is 3.30. The Bertz CT molecular complexity index is 413. The number of rotatable bonds is 2. The number of nitrogens with two attached hydrogens (primary N) is 1.